The minimum absolute atomic E-state index is 0.0702. The fourth-order valence-corrected chi connectivity index (χ4v) is 3.05. The molecule has 1 radical (unpaired) electrons. The fraction of sp³-hybridized carbons (Fsp3) is 0.571. The molecule has 1 aromatic carbocycles. The molecule has 17 heavy (non-hydrogen) atoms. The first-order chi connectivity index (χ1) is 8.34. The Morgan fingerprint density at radius 1 is 1.18 bits per heavy atom. The van der Waals surface area contributed by atoms with Crippen LogP contribution in [0.2, 0.25) is 0 Å². The van der Waals surface area contributed by atoms with Crippen molar-refractivity contribution >= 4 is 11.8 Å². The van der Waals surface area contributed by atoms with E-state index in [0.29, 0.717) is 0 Å². The summed E-state index contributed by atoms with van der Waals surface area (Å²) >= 11 is 1.80. The van der Waals surface area contributed by atoms with Gasteiger partial charge >= 0.3 is 0 Å². The molecule has 1 N–H and O–H groups in total. The molecule has 0 amide bonds. The average molecular weight is 249 g/mol. The summed E-state index contributed by atoms with van der Waals surface area (Å²) in [6.45, 7) is 3.61. The van der Waals surface area contributed by atoms with Crippen LogP contribution < -0.4 is 5.73 Å². The third-order valence-corrected chi connectivity index (χ3v) is 4.36. The first-order valence-electron chi connectivity index (χ1n) is 6.46. The molecule has 1 atom stereocenters. The summed E-state index contributed by atoms with van der Waals surface area (Å²) in [5.41, 5.74) is 8.04. The Morgan fingerprint density at radius 2 is 1.88 bits per heavy atom. The second kappa shape index (κ2) is 7.04. The summed E-state index contributed by atoms with van der Waals surface area (Å²) in [5, 5.41) is 0. The van der Waals surface area contributed by atoms with Crippen molar-refractivity contribution in [3.63, 3.8) is 0 Å². The van der Waals surface area contributed by atoms with Gasteiger partial charge in [0.1, 0.15) is 0 Å². The summed E-state index contributed by atoms with van der Waals surface area (Å²) in [6.07, 6.45) is 3.71. The molecule has 2 nitrogen and oxygen atoms in total. The number of nitrogens with zero attached hydrogens (tertiary/aromatic N) is 1. The minimum Gasteiger partial charge on any atom is -0.303 e. The lowest BCUT2D eigenvalue weighted by atomic mass is 10.2. The summed E-state index contributed by atoms with van der Waals surface area (Å²) in [4.78, 5) is 3.78. The zero-order valence-corrected chi connectivity index (χ0v) is 11.1. The van der Waals surface area contributed by atoms with Gasteiger partial charge in [-0.1, -0.05) is 18.2 Å². The molecule has 1 aliphatic heterocycles. The second-order valence-corrected chi connectivity index (χ2v) is 5.75. The molecule has 0 aromatic heterocycles. The van der Waals surface area contributed by atoms with Gasteiger partial charge in [-0.2, -0.15) is 0 Å². The second-order valence-electron chi connectivity index (χ2n) is 4.66. The van der Waals surface area contributed by atoms with E-state index in [9.17, 15) is 0 Å². The van der Waals surface area contributed by atoms with Crippen LogP contribution in [-0.2, 0) is 0 Å². The van der Waals surface area contributed by atoms with Crippen LogP contribution >= 0.6 is 11.8 Å². The highest BCUT2D eigenvalue weighted by Gasteiger charge is 2.13. The molecule has 1 heterocycles. The number of likely N-dealkylation sites (tertiary alicyclic amines) is 1. The maximum Gasteiger partial charge on any atom is 0.0319 e. The van der Waals surface area contributed by atoms with E-state index in [4.69, 9.17) is 5.73 Å². The van der Waals surface area contributed by atoms with Gasteiger partial charge in [-0.3, -0.25) is 5.73 Å². The third-order valence-electron chi connectivity index (χ3n) is 3.19. The topological polar surface area (TPSA) is 27.0 Å². The number of thioether (sulfide) groups is 1. The lowest BCUT2D eigenvalue weighted by Crippen LogP contribution is -2.25. The first kappa shape index (κ1) is 12.9. The Morgan fingerprint density at radius 3 is 2.59 bits per heavy atom. The van der Waals surface area contributed by atoms with Crippen molar-refractivity contribution in [2.24, 2.45) is 0 Å². The van der Waals surface area contributed by atoms with Crippen LogP contribution in [0.5, 0.6) is 0 Å². The summed E-state index contributed by atoms with van der Waals surface area (Å²) in [5.74, 6) is 0.915. The monoisotopic (exact) mass is 249 g/mol. The van der Waals surface area contributed by atoms with Crippen molar-refractivity contribution in [2.75, 3.05) is 25.4 Å². The molecule has 0 bridgehead atoms. The first-order valence-corrected chi connectivity index (χ1v) is 7.44. The number of rotatable bonds is 6. The van der Waals surface area contributed by atoms with Crippen LogP contribution in [0.4, 0.5) is 0 Å². The molecular weight excluding hydrogens is 228 g/mol. The lowest BCUT2D eigenvalue weighted by Gasteiger charge is -2.17. The van der Waals surface area contributed by atoms with Gasteiger partial charge in [0.2, 0.25) is 0 Å². The molecule has 2 rings (SSSR count). The minimum atomic E-state index is 0.0702. The Balaban J connectivity index is 1.62. The van der Waals surface area contributed by atoms with Crippen molar-refractivity contribution < 1.29 is 0 Å². The molecule has 0 unspecified atom stereocenters. The molecule has 93 valence electrons. The SMILES string of the molecule is [NH][C@H](CCN1CCCC1)CSc1ccccc1. The van der Waals surface area contributed by atoms with Gasteiger partial charge in [0, 0.05) is 16.7 Å². The highest BCUT2D eigenvalue weighted by atomic mass is 32.2. The van der Waals surface area contributed by atoms with Crippen molar-refractivity contribution in [2.45, 2.75) is 30.2 Å². The predicted molar refractivity (Wildman–Crippen MR) is 74.3 cm³/mol. The van der Waals surface area contributed by atoms with Crippen LogP contribution in [0.1, 0.15) is 19.3 Å². The van der Waals surface area contributed by atoms with Crippen molar-refractivity contribution in [3.05, 3.63) is 30.3 Å². The zero-order chi connectivity index (χ0) is 11.9. The quantitative estimate of drug-likeness (QED) is 0.725. The van der Waals surface area contributed by atoms with E-state index in [1.54, 1.807) is 11.8 Å². The molecule has 1 saturated heterocycles. The van der Waals surface area contributed by atoms with E-state index in [-0.39, 0.29) is 6.04 Å². The molecular formula is C14H21N2S. The number of benzene rings is 1. The maximum absolute atomic E-state index is 8.04. The third kappa shape index (κ3) is 4.70. The Hall–Kier alpha value is -0.510. The van der Waals surface area contributed by atoms with E-state index >= 15 is 0 Å². The largest absolute Gasteiger partial charge is 0.303 e. The van der Waals surface area contributed by atoms with Crippen LogP contribution in [0, 0.1) is 0 Å². The van der Waals surface area contributed by atoms with E-state index in [2.05, 4.69) is 29.2 Å². The molecule has 0 aliphatic carbocycles. The Labute approximate surface area is 109 Å². The maximum atomic E-state index is 8.04. The Kier molecular flexibility index (Phi) is 5.36. The molecule has 3 heteroatoms. The van der Waals surface area contributed by atoms with E-state index in [1.807, 2.05) is 6.07 Å². The highest BCUT2D eigenvalue weighted by Crippen LogP contribution is 2.19. The number of hydrogen-bond acceptors (Lipinski definition) is 2. The van der Waals surface area contributed by atoms with Gasteiger partial charge < -0.3 is 4.90 Å². The summed E-state index contributed by atoms with van der Waals surface area (Å²) < 4.78 is 0. The van der Waals surface area contributed by atoms with Gasteiger partial charge in [0.25, 0.3) is 0 Å². The Bertz CT molecular complexity index is 309. The normalized spacial score (nSPS) is 18.4. The van der Waals surface area contributed by atoms with Crippen LogP contribution in [0.3, 0.4) is 0 Å². The van der Waals surface area contributed by atoms with Crippen LogP contribution in [-0.4, -0.2) is 36.3 Å². The molecule has 0 saturated carbocycles. The van der Waals surface area contributed by atoms with Crippen LogP contribution in [0.15, 0.2) is 35.2 Å². The van der Waals surface area contributed by atoms with Crippen LogP contribution in [0.25, 0.3) is 0 Å². The summed E-state index contributed by atoms with van der Waals surface area (Å²) in [7, 11) is 0. The van der Waals surface area contributed by atoms with Gasteiger partial charge in [0.05, 0.1) is 0 Å². The number of hydrogen-bond donors (Lipinski definition) is 0. The van der Waals surface area contributed by atoms with Gasteiger partial charge in [0.15, 0.2) is 0 Å². The van der Waals surface area contributed by atoms with Gasteiger partial charge in [-0.05, 0) is 51.0 Å². The van der Waals surface area contributed by atoms with Crippen molar-refractivity contribution in [1.29, 1.82) is 0 Å². The molecule has 1 aromatic rings. The molecule has 1 aliphatic rings. The molecule has 1 fully saturated rings. The highest BCUT2D eigenvalue weighted by molar-refractivity contribution is 7.99. The summed E-state index contributed by atoms with van der Waals surface area (Å²) in [6, 6.07) is 10.5. The lowest BCUT2D eigenvalue weighted by molar-refractivity contribution is 0.324. The average Bonchev–Trinajstić information content (AvgIpc) is 2.88. The van der Waals surface area contributed by atoms with E-state index in [1.165, 1.54) is 30.8 Å². The van der Waals surface area contributed by atoms with E-state index in [0.717, 1.165) is 18.7 Å². The smallest absolute Gasteiger partial charge is 0.0319 e. The van der Waals surface area contributed by atoms with Crippen molar-refractivity contribution in [1.82, 2.24) is 10.6 Å². The molecule has 0 spiro atoms. The van der Waals surface area contributed by atoms with E-state index < -0.39 is 0 Å². The zero-order valence-electron chi connectivity index (χ0n) is 10.3. The van der Waals surface area contributed by atoms with Gasteiger partial charge in [-0.15, -0.1) is 11.8 Å². The fourth-order valence-electron chi connectivity index (χ4n) is 2.14. The predicted octanol–water partition coefficient (Wildman–Crippen LogP) is 2.92. The standard InChI is InChI=1S/C14H21N2S/c15-13(8-11-16-9-4-5-10-16)12-17-14-6-2-1-3-7-14/h1-3,6-7,13,15H,4-5,8-12H2/t13-/m1/s1. The number of nitrogens with one attached hydrogen (secondary N) is 1. The van der Waals surface area contributed by atoms with Gasteiger partial charge in [-0.25, -0.2) is 0 Å². The van der Waals surface area contributed by atoms with Crippen molar-refractivity contribution in [3.8, 4) is 0 Å².